The van der Waals surface area contributed by atoms with Gasteiger partial charge in [-0.1, -0.05) is 12.1 Å². The fourth-order valence-electron chi connectivity index (χ4n) is 2.78. The van der Waals surface area contributed by atoms with Crippen LogP contribution in [0.5, 0.6) is 5.75 Å². The largest absolute Gasteiger partial charge is 0.508 e. The molecule has 1 saturated heterocycles. The van der Waals surface area contributed by atoms with E-state index in [0.717, 1.165) is 6.54 Å². The zero-order valence-corrected chi connectivity index (χ0v) is 11.6. The van der Waals surface area contributed by atoms with Crippen molar-refractivity contribution in [1.82, 2.24) is 9.80 Å². The Morgan fingerprint density at radius 2 is 2.00 bits per heavy atom. The highest BCUT2D eigenvalue weighted by Crippen LogP contribution is 2.25. The van der Waals surface area contributed by atoms with E-state index >= 15 is 0 Å². The Hall–Kier alpha value is -1.06. The van der Waals surface area contributed by atoms with E-state index < -0.39 is 0 Å². The van der Waals surface area contributed by atoms with Crippen LogP contribution in [0.1, 0.15) is 31.4 Å². The lowest BCUT2D eigenvalue weighted by Crippen LogP contribution is -2.45. The van der Waals surface area contributed by atoms with Crippen LogP contribution < -0.4 is 0 Å². The van der Waals surface area contributed by atoms with Crippen LogP contribution in [0.25, 0.3) is 0 Å². The van der Waals surface area contributed by atoms with Crippen LogP contribution in [-0.4, -0.2) is 48.1 Å². The Bertz CT molecular complexity index is 377. The van der Waals surface area contributed by atoms with E-state index in [0.29, 0.717) is 17.8 Å². The predicted octanol–water partition coefficient (Wildman–Crippen LogP) is 2.48. The molecule has 1 aromatic carbocycles. The number of benzene rings is 1. The van der Waals surface area contributed by atoms with Crippen LogP contribution in [0.2, 0.25) is 0 Å². The predicted molar refractivity (Wildman–Crippen MR) is 74.8 cm³/mol. The summed E-state index contributed by atoms with van der Waals surface area (Å²) in [7, 11) is 4.41. The van der Waals surface area contributed by atoms with Gasteiger partial charge in [0.1, 0.15) is 5.75 Å². The molecule has 0 aromatic heterocycles. The second-order valence-corrected chi connectivity index (χ2v) is 5.49. The molecule has 2 atom stereocenters. The summed E-state index contributed by atoms with van der Waals surface area (Å²) < 4.78 is 0. The summed E-state index contributed by atoms with van der Waals surface area (Å²) in [6.45, 7) is 4.61. The summed E-state index contributed by atoms with van der Waals surface area (Å²) in [5.74, 6) is 0.339. The minimum Gasteiger partial charge on any atom is -0.508 e. The van der Waals surface area contributed by atoms with Gasteiger partial charge in [0, 0.05) is 18.6 Å². The first kappa shape index (κ1) is 13.4. The zero-order chi connectivity index (χ0) is 13.1. The SMILES string of the molecule is CC(c1ccc(O)cc1)N(C)C1CCCN(C)C1. The molecule has 18 heavy (non-hydrogen) atoms. The second-order valence-electron chi connectivity index (χ2n) is 5.49. The number of piperidine rings is 1. The van der Waals surface area contributed by atoms with E-state index in [1.165, 1.54) is 24.9 Å². The molecule has 1 fully saturated rings. The van der Waals surface area contributed by atoms with E-state index in [4.69, 9.17) is 0 Å². The molecule has 3 nitrogen and oxygen atoms in total. The van der Waals surface area contributed by atoms with Crippen molar-refractivity contribution in [2.75, 3.05) is 27.2 Å². The number of likely N-dealkylation sites (tertiary alicyclic amines) is 1. The maximum absolute atomic E-state index is 9.34. The first-order chi connectivity index (χ1) is 8.58. The molecule has 0 bridgehead atoms. The Labute approximate surface area is 110 Å². The fourth-order valence-corrected chi connectivity index (χ4v) is 2.78. The maximum Gasteiger partial charge on any atom is 0.115 e. The number of hydrogen-bond acceptors (Lipinski definition) is 3. The van der Waals surface area contributed by atoms with E-state index in [1.54, 1.807) is 12.1 Å². The first-order valence-corrected chi connectivity index (χ1v) is 6.77. The van der Waals surface area contributed by atoms with Crippen LogP contribution >= 0.6 is 0 Å². The van der Waals surface area contributed by atoms with E-state index in [-0.39, 0.29) is 0 Å². The normalized spacial score (nSPS) is 23.2. The van der Waals surface area contributed by atoms with Crippen LogP contribution in [0, 0.1) is 0 Å². The van der Waals surface area contributed by atoms with Crippen molar-refractivity contribution in [3.63, 3.8) is 0 Å². The lowest BCUT2D eigenvalue weighted by molar-refractivity contribution is 0.105. The monoisotopic (exact) mass is 248 g/mol. The second kappa shape index (κ2) is 5.72. The third-order valence-electron chi connectivity index (χ3n) is 4.16. The van der Waals surface area contributed by atoms with Crippen molar-refractivity contribution in [3.8, 4) is 5.75 Å². The molecule has 0 spiro atoms. The quantitative estimate of drug-likeness (QED) is 0.890. The highest BCUT2D eigenvalue weighted by molar-refractivity contribution is 5.27. The molecule has 100 valence electrons. The van der Waals surface area contributed by atoms with E-state index in [1.807, 2.05) is 12.1 Å². The molecular formula is C15H24N2O. The van der Waals surface area contributed by atoms with Crippen molar-refractivity contribution in [3.05, 3.63) is 29.8 Å². The van der Waals surface area contributed by atoms with E-state index in [9.17, 15) is 5.11 Å². The molecule has 2 unspecified atom stereocenters. The molecule has 0 amide bonds. The molecule has 2 rings (SSSR count). The number of rotatable bonds is 3. The van der Waals surface area contributed by atoms with Gasteiger partial charge in [0.25, 0.3) is 0 Å². The number of hydrogen-bond donors (Lipinski definition) is 1. The Morgan fingerprint density at radius 3 is 2.61 bits per heavy atom. The van der Waals surface area contributed by atoms with Gasteiger partial charge in [-0.25, -0.2) is 0 Å². The molecule has 0 radical (unpaired) electrons. The highest BCUT2D eigenvalue weighted by atomic mass is 16.3. The maximum atomic E-state index is 9.34. The van der Waals surface area contributed by atoms with Gasteiger partial charge in [0.15, 0.2) is 0 Å². The Kier molecular flexibility index (Phi) is 4.25. The van der Waals surface area contributed by atoms with E-state index in [2.05, 4.69) is 30.8 Å². The number of phenols is 1. The third kappa shape index (κ3) is 3.03. The molecule has 0 aliphatic carbocycles. The summed E-state index contributed by atoms with van der Waals surface area (Å²) in [4.78, 5) is 4.87. The van der Waals surface area contributed by atoms with Gasteiger partial charge >= 0.3 is 0 Å². The van der Waals surface area contributed by atoms with Crippen molar-refractivity contribution in [2.24, 2.45) is 0 Å². The lowest BCUT2D eigenvalue weighted by Gasteiger charge is -2.39. The molecular weight excluding hydrogens is 224 g/mol. The minimum absolute atomic E-state index is 0.339. The summed E-state index contributed by atoms with van der Waals surface area (Å²) >= 11 is 0. The summed E-state index contributed by atoms with van der Waals surface area (Å²) in [5, 5.41) is 9.34. The highest BCUT2D eigenvalue weighted by Gasteiger charge is 2.24. The van der Waals surface area contributed by atoms with Gasteiger partial charge in [-0.2, -0.15) is 0 Å². The third-order valence-corrected chi connectivity index (χ3v) is 4.16. The number of likely N-dealkylation sites (N-methyl/N-ethyl adjacent to an activating group) is 2. The van der Waals surface area contributed by atoms with Crippen LogP contribution in [0.15, 0.2) is 24.3 Å². The van der Waals surface area contributed by atoms with Gasteiger partial charge in [-0.3, -0.25) is 4.90 Å². The summed E-state index contributed by atoms with van der Waals surface area (Å²) in [6, 6.07) is 8.60. The lowest BCUT2D eigenvalue weighted by atomic mass is 10.0. The van der Waals surface area contributed by atoms with Gasteiger partial charge in [-0.15, -0.1) is 0 Å². The number of aromatic hydroxyl groups is 1. The Morgan fingerprint density at radius 1 is 1.33 bits per heavy atom. The van der Waals surface area contributed by atoms with Crippen molar-refractivity contribution in [1.29, 1.82) is 0 Å². The van der Waals surface area contributed by atoms with Crippen molar-refractivity contribution < 1.29 is 5.11 Å². The van der Waals surface area contributed by atoms with Gasteiger partial charge in [0.2, 0.25) is 0 Å². The number of nitrogens with zero attached hydrogens (tertiary/aromatic N) is 2. The van der Waals surface area contributed by atoms with Crippen LogP contribution in [0.3, 0.4) is 0 Å². The molecule has 1 N–H and O–H groups in total. The van der Waals surface area contributed by atoms with Gasteiger partial charge in [-0.05, 0) is 58.1 Å². The molecule has 3 heteroatoms. The standard InChI is InChI=1S/C15H24N2O/c1-12(13-6-8-15(18)9-7-13)17(3)14-5-4-10-16(2)11-14/h6-9,12,14,18H,4-5,10-11H2,1-3H3. The molecule has 1 aliphatic heterocycles. The minimum atomic E-state index is 0.339. The fraction of sp³-hybridized carbons (Fsp3) is 0.600. The van der Waals surface area contributed by atoms with Crippen molar-refractivity contribution in [2.45, 2.75) is 31.8 Å². The van der Waals surface area contributed by atoms with Crippen LogP contribution in [-0.2, 0) is 0 Å². The molecule has 1 aromatic rings. The van der Waals surface area contributed by atoms with Gasteiger partial charge in [0.05, 0.1) is 0 Å². The Balaban J connectivity index is 2.03. The van der Waals surface area contributed by atoms with Crippen molar-refractivity contribution >= 4 is 0 Å². The van der Waals surface area contributed by atoms with Crippen LogP contribution in [0.4, 0.5) is 0 Å². The summed E-state index contributed by atoms with van der Waals surface area (Å²) in [5.41, 5.74) is 1.27. The average Bonchev–Trinajstić information content (AvgIpc) is 2.38. The number of phenolic OH excluding ortho intramolecular Hbond substituents is 1. The molecule has 0 saturated carbocycles. The molecule has 1 aliphatic rings. The summed E-state index contributed by atoms with van der Waals surface area (Å²) in [6.07, 6.45) is 2.57. The topological polar surface area (TPSA) is 26.7 Å². The zero-order valence-electron chi connectivity index (χ0n) is 11.6. The molecule has 1 heterocycles. The van der Waals surface area contributed by atoms with Gasteiger partial charge < -0.3 is 10.0 Å². The first-order valence-electron chi connectivity index (χ1n) is 6.77. The average molecular weight is 248 g/mol. The smallest absolute Gasteiger partial charge is 0.115 e.